The first-order valence-electron chi connectivity index (χ1n) is 9.89. The highest BCUT2D eigenvalue weighted by Gasteiger charge is 2.41. The number of fused-ring (bicyclic) bond motifs is 3. The highest BCUT2D eigenvalue weighted by molar-refractivity contribution is 7.98. The summed E-state index contributed by atoms with van der Waals surface area (Å²) in [4.78, 5) is 5.87. The van der Waals surface area contributed by atoms with Crippen LogP contribution in [0.3, 0.4) is 0 Å². The van der Waals surface area contributed by atoms with Crippen LogP contribution in [-0.4, -0.2) is 21.0 Å². The fraction of sp³-hybridized carbons (Fsp3) is 0.130. The minimum Gasteiger partial charge on any atom is -0.480 e. The second-order valence-corrected chi connectivity index (χ2v) is 10.1. The van der Waals surface area contributed by atoms with E-state index in [4.69, 9.17) is 38.0 Å². The Morgan fingerprint density at radius 2 is 1.91 bits per heavy atom. The lowest BCUT2D eigenvalue weighted by Gasteiger charge is -2.38. The number of rotatable bonds is 3. The molecule has 2 aromatic carbocycles. The Labute approximate surface area is 203 Å². The molecule has 0 saturated heterocycles. The van der Waals surface area contributed by atoms with Crippen LogP contribution in [0.1, 0.15) is 28.1 Å². The standard InChI is InChI=1S/C23H16Cl2N4OS2/c1-31-23-27-22-26-19-15-11-14(25)8-9-16(15)30-21(12-4-6-13(24)7-5-12)18(19)20(29(22)28-23)17-3-2-10-32-17/h2-11,20-21H,1H3,(H,26,27,28)/t20-,21-/m0/s1. The molecule has 0 unspecified atom stereocenters. The van der Waals surface area contributed by atoms with Gasteiger partial charge in [-0.3, -0.25) is 0 Å². The van der Waals surface area contributed by atoms with Gasteiger partial charge in [-0.05, 0) is 53.6 Å². The van der Waals surface area contributed by atoms with Gasteiger partial charge in [0.05, 0.1) is 5.70 Å². The summed E-state index contributed by atoms with van der Waals surface area (Å²) in [5.41, 5.74) is 3.95. The number of hydrogen-bond donors (Lipinski definition) is 1. The number of nitrogens with zero attached hydrogens (tertiary/aromatic N) is 3. The largest absolute Gasteiger partial charge is 0.480 e. The van der Waals surface area contributed by atoms with Crippen LogP contribution < -0.4 is 10.1 Å². The molecule has 0 bridgehead atoms. The lowest BCUT2D eigenvalue weighted by Crippen LogP contribution is -2.32. The van der Waals surface area contributed by atoms with Crippen LogP contribution in [0.5, 0.6) is 5.75 Å². The maximum absolute atomic E-state index is 6.60. The summed E-state index contributed by atoms with van der Waals surface area (Å²) in [6.45, 7) is 0. The van der Waals surface area contributed by atoms with Crippen molar-refractivity contribution in [3.05, 3.63) is 91.6 Å². The van der Waals surface area contributed by atoms with E-state index in [1.807, 2.05) is 53.4 Å². The van der Waals surface area contributed by atoms with Crippen LogP contribution in [0.25, 0.3) is 5.70 Å². The summed E-state index contributed by atoms with van der Waals surface area (Å²) < 4.78 is 8.55. The molecule has 4 heterocycles. The summed E-state index contributed by atoms with van der Waals surface area (Å²) in [6, 6.07) is 17.5. The maximum Gasteiger partial charge on any atom is 0.227 e. The van der Waals surface area contributed by atoms with Gasteiger partial charge in [-0.25, -0.2) is 4.68 Å². The smallest absolute Gasteiger partial charge is 0.227 e. The van der Waals surface area contributed by atoms with Gasteiger partial charge < -0.3 is 10.1 Å². The van der Waals surface area contributed by atoms with Crippen LogP contribution >= 0.6 is 46.3 Å². The van der Waals surface area contributed by atoms with Gasteiger partial charge in [-0.15, -0.1) is 16.4 Å². The van der Waals surface area contributed by atoms with Gasteiger partial charge in [0.25, 0.3) is 0 Å². The van der Waals surface area contributed by atoms with Gasteiger partial charge in [0.1, 0.15) is 17.9 Å². The van der Waals surface area contributed by atoms with Crippen molar-refractivity contribution < 1.29 is 4.74 Å². The molecule has 2 atom stereocenters. The Bertz CT molecular complexity index is 1350. The first-order valence-corrected chi connectivity index (χ1v) is 12.8. The third-order valence-electron chi connectivity index (χ3n) is 5.58. The van der Waals surface area contributed by atoms with Gasteiger partial charge in [-0.1, -0.05) is 53.2 Å². The Balaban J connectivity index is 1.63. The number of thiophene rings is 1. The predicted octanol–water partition coefficient (Wildman–Crippen LogP) is 6.93. The van der Waals surface area contributed by atoms with E-state index in [0.29, 0.717) is 21.2 Å². The van der Waals surface area contributed by atoms with E-state index in [-0.39, 0.29) is 12.1 Å². The van der Waals surface area contributed by atoms with Crippen molar-refractivity contribution in [2.75, 3.05) is 11.6 Å². The second kappa shape index (κ2) is 7.85. The number of hydrogen-bond acceptors (Lipinski definition) is 6. The van der Waals surface area contributed by atoms with E-state index in [1.54, 1.807) is 11.3 Å². The Kier molecular flexibility index (Phi) is 4.95. The molecule has 0 radical (unpaired) electrons. The molecule has 5 nitrogen and oxygen atoms in total. The van der Waals surface area contributed by atoms with Crippen LogP contribution in [0.2, 0.25) is 10.0 Å². The zero-order valence-corrected chi connectivity index (χ0v) is 19.9. The van der Waals surface area contributed by atoms with Crippen molar-refractivity contribution in [2.45, 2.75) is 17.3 Å². The first kappa shape index (κ1) is 20.2. The van der Waals surface area contributed by atoms with Crippen LogP contribution in [0, 0.1) is 0 Å². The number of halogens is 2. The molecular weight excluding hydrogens is 483 g/mol. The third kappa shape index (κ3) is 3.23. The molecular formula is C23H16Cl2N4OS2. The zero-order valence-electron chi connectivity index (χ0n) is 16.8. The van der Waals surface area contributed by atoms with E-state index >= 15 is 0 Å². The van der Waals surface area contributed by atoms with Crippen molar-refractivity contribution in [1.82, 2.24) is 14.8 Å². The van der Waals surface area contributed by atoms with Gasteiger partial charge in [0.15, 0.2) is 0 Å². The molecule has 2 aliphatic rings. The van der Waals surface area contributed by atoms with Crippen molar-refractivity contribution in [1.29, 1.82) is 0 Å². The molecule has 0 amide bonds. The summed E-state index contributed by atoms with van der Waals surface area (Å²) in [6.07, 6.45) is 1.65. The number of ether oxygens (including phenoxy) is 1. The van der Waals surface area contributed by atoms with E-state index in [2.05, 4.69) is 22.8 Å². The highest BCUT2D eigenvalue weighted by atomic mass is 35.5. The average Bonchev–Trinajstić information content (AvgIpc) is 3.47. The summed E-state index contributed by atoms with van der Waals surface area (Å²) in [7, 11) is 0. The molecule has 9 heteroatoms. The number of benzene rings is 2. The SMILES string of the molecule is CSc1nc2n(n1)[C@@H](c1cccs1)C1=C(N2)c2cc(Cl)ccc2O[C@H]1c1ccc(Cl)cc1. The Morgan fingerprint density at radius 3 is 2.66 bits per heavy atom. The quantitative estimate of drug-likeness (QED) is 0.310. The average molecular weight is 499 g/mol. The second-order valence-electron chi connectivity index (χ2n) is 7.43. The minimum atomic E-state index is -0.328. The van der Waals surface area contributed by atoms with Crippen molar-refractivity contribution in [3.8, 4) is 5.75 Å². The lowest BCUT2D eigenvalue weighted by atomic mass is 9.87. The molecule has 160 valence electrons. The number of nitrogens with one attached hydrogen (secondary N) is 1. The minimum absolute atomic E-state index is 0.164. The van der Waals surface area contributed by atoms with E-state index in [0.717, 1.165) is 33.0 Å². The molecule has 0 aliphatic carbocycles. The van der Waals surface area contributed by atoms with E-state index in [9.17, 15) is 0 Å². The van der Waals surface area contributed by atoms with E-state index < -0.39 is 0 Å². The predicted molar refractivity (Wildman–Crippen MR) is 131 cm³/mol. The van der Waals surface area contributed by atoms with Crippen molar-refractivity contribution >= 4 is 57.9 Å². The molecule has 2 aromatic heterocycles. The van der Waals surface area contributed by atoms with Gasteiger partial charge in [0, 0.05) is 26.1 Å². The highest BCUT2D eigenvalue weighted by Crippen LogP contribution is 2.52. The Hall–Kier alpha value is -2.45. The molecule has 0 spiro atoms. The maximum atomic E-state index is 6.60. The number of aromatic nitrogens is 3. The van der Waals surface area contributed by atoms with Crippen LogP contribution in [0.15, 0.2) is 70.7 Å². The topological polar surface area (TPSA) is 52.0 Å². The molecule has 4 aromatic rings. The number of thioether (sulfide) groups is 1. The van der Waals surface area contributed by atoms with Gasteiger partial charge >= 0.3 is 0 Å². The fourth-order valence-corrected chi connectivity index (χ4v) is 5.67. The molecule has 1 N–H and O–H groups in total. The number of anilines is 1. The van der Waals surface area contributed by atoms with Crippen LogP contribution in [-0.2, 0) is 0 Å². The van der Waals surface area contributed by atoms with Crippen molar-refractivity contribution in [3.63, 3.8) is 0 Å². The fourth-order valence-electron chi connectivity index (χ4n) is 4.20. The van der Waals surface area contributed by atoms with Crippen molar-refractivity contribution in [2.24, 2.45) is 0 Å². The molecule has 0 fully saturated rings. The molecule has 0 saturated carbocycles. The summed E-state index contributed by atoms with van der Waals surface area (Å²) >= 11 is 15.8. The van der Waals surface area contributed by atoms with E-state index in [1.165, 1.54) is 11.8 Å². The third-order valence-corrected chi connectivity index (χ3v) is 7.53. The molecule has 32 heavy (non-hydrogen) atoms. The lowest BCUT2D eigenvalue weighted by molar-refractivity contribution is 0.223. The first-order chi connectivity index (χ1) is 15.6. The molecule has 2 aliphatic heterocycles. The molecule has 6 rings (SSSR count). The monoisotopic (exact) mass is 498 g/mol. The zero-order chi connectivity index (χ0) is 21.8. The van der Waals surface area contributed by atoms with Gasteiger partial charge in [-0.2, -0.15) is 4.98 Å². The van der Waals surface area contributed by atoms with Gasteiger partial charge in [0.2, 0.25) is 11.1 Å². The summed E-state index contributed by atoms with van der Waals surface area (Å²) in [5, 5.41) is 12.5. The Morgan fingerprint density at radius 1 is 1.09 bits per heavy atom. The normalized spacial score (nSPS) is 19.0. The summed E-state index contributed by atoms with van der Waals surface area (Å²) in [5.74, 6) is 1.47. The van der Waals surface area contributed by atoms with Crippen LogP contribution in [0.4, 0.5) is 5.95 Å².